The highest BCUT2D eigenvalue weighted by Crippen LogP contribution is 2.43. The Morgan fingerprint density at radius 1 is 1.11 bits per heavy atom. The van der Waals surface area contributed by atoms with E-state index in [0.717, 1.165) is 5.56 Å². The molecular formula is C25H35NO8Si. The number of carbonyl (C=O) groups is 2. The summed E-state index contributed by atoms with van der Waals surface area (Å²) in [6.07, 6.45) is 1.06. The maximum atomic E-state index is 13.3. The van der Waals surface area contributed by atoms with E-state index in [0.29, 0.717) is 23.6 Å². The van der Waals surface area contributed by atoms with E-state index in [1.165, 1.54) is 17.1 Å². The van der Waals surface area contributed by atoms with Gasteiger partial charge >= 0.3 is 12.2 Å². The Morgan fingerprint density at radius 2 is 1.74 bits per heavy atom. The second-order valence-electron chi connectivity index (χ2n) is 9.92. The Morgan fingerprint density at radius 3 is 2.37 bits per heavy atom. The molecule has 0 spiro atoms. The van der Waals surface area contributed by atoms with E-state index in [1.807, 2.05) is 0 Å². The van der Waals surface area contributed by atoms with Crippen LogP contribution in [0.5, 0.6) is 11.5 Å². The SMILES string of the molecule is C=CCOC(=O)O[C@H]1Cc2cc3c(cc2N(C(=O)OCC=C)[C@@H]1CO[Si](C)(C)C(C)(C)C)OCO3. The van der Waals surface area contributed by atoms with Gasteiger partial charge in [0.1, 0.15) is 19.3 Å². The molecule has 1 amide bonds. The quantitative estimate of drug-likeness (QED) is 0.270. The molecule has 0 fully saturated rings. The molecular weight excluding hydrogens is 470 g/mol. The van der Waals surface area contributed by atoms with Crippen LogP contribution in [-0.2, 0) is 25.1 Å². The summed E-state index contributed by atoms with van der Waals surface area (Å²) in [5.74, 6) is 1.09. The first kappa shape index (κ1) is 26.6. The number of rotatable bonds is 8. The molecule has 2 atom stereocenters. The van der Waals surface area contributed by atoms with Crippen LogP contribution in [0.3, 0.4) is 0 Å². The summed E-state index contributed by atoms with van der Waals surface area (Å²) in [5.41, 5.74) is 1.33. The number of nitrogens with zero attached hydrogens (tertiary/aromatic N) is 1. The van der Waals surface area contributed by atoms with Crippen LogP contribution in [0.15, 0.2) is 37.4 Å². The standard InChI is InChI=1S/C25H35NO8Si/c1-8-10-29-23(27)26-18-14-22-21(31-16-32-22)13-17(18)12-20(34-24(28)30-11-9-2)19(26)15-33-35(6,7)25(3,4)5/h8-9,13-14,19-20H,1-2,10-12,15-16H2,3-7H3/t19-,20+/m1/s1. The van der Waals surface area contributed by atoms with E-state index < -0.39 is 32.7 Å². The van der Waals surface area contributed by atoms with Crippen LogP contribution in [0.2, 0.25) is 18.1 Å². The number of amides is 1. The molecule has 3 rings (SSSR count). The fourth-order valence-corrected chi connectivity index (χ4v) is 4.61. The van der Waals surface area contributed by atoms with Crippen LogP contribution < -0.4 is 14.4 Å². The zero-order valence-electron chi connectivity index (χ0n) is 21.1. The second kappa shape index (κ2) is 10.7. The van der Waals surface area contributed by atoms with Crippen molar-refractivity contribution in [2.24, 2.45) is 0 Å². The van der Waals surface area contributed by atoms with Gasteiger partial charge in [-0.05, 0) is 29.8 Å². The number of carbonyl (C=O) groups excluding carboxylic acids is 2. The lowest BCUT2D eigenvalue weighted by atomic mass is 9.93. The Hall–Kier alpha value is -2.98. The van der Waals surface area contributed by atoms with Crippen LogP contribution in [-0.4, -0.2) is 59.3 Å². The van der Waals surface area contributed by atoms with Crippen LogP contribution in [0.25, 0.3) is 0 Å². The van der Waals surface area contributed by atoms with Crippen LogP contribution in [0.1, 0.15) is 26.3 Å². The van der Waals surface area contributed by atoms with Gasteiger partial charge in [0.15, 0.2) is 19.8 Å². The predicted octanol–water partition coefficient (Wildman–Crippen LogP) is 5.20. The Bertz CT molecular complexity index is 971. The van der Waals surface area contributed by atoms with Gasteiger partial charge in [-0.1, -0.05) is 46.1 Å². The minimum absolute atomic E-state index is 0.0110. The summed E-state index contributed by atoms with van der Waals surface area (Å²) in [5, 5.41) is -0.0565. The number of anilines is 1. The highest BCUT2D eigenvalue weighted by Gasteiger charge is 2.45. The van der Waals surface area contributed by atoms with Gasteiger partial charge in [-0.3, -0.25) is 4.90 Å². The molecule has 35 heavy (non-hydrogen) atoms. The van der Waals surface area contributed by atoms with Crippen molar-refractivity contribution in [3.8, 4) is 11.5 Å². The molecule has 0 saturated carbocycles. The largest absolute Gasteiger partial charge is 0.508 e. The summed E-state index contributed by atoms with van der Waals surface area (Å²) in [7, 11) is -2.20. The molecule has 0 unspecified atom stereocenters. The molecule has 9 nitrogen and oxygen atoms in total. The predicted molar refractivity (Wildman–Crippen MR) is 134 cm³/mol. The topological polar surface area (TPSA) is 92.8 Å². The van der Waals surface area contributed by atoms with E-state index in [4.69, 9.17) is 28.1 Å². The smallest absolute Gasteiger partial charge is 0.454 e. The van der Waals surface area contributed by atoms with Gasteiger partial charge in [0.25, 0.3) is 0 Å². The number of benzene rings is 1. The van der Waals surface area contributed by atoms with Crippen LogP contribution in [0.4, 0.5) is 15.3 Å². The van der Waals surface area contributed by atoms with E-state index in [1.54, 1.807) is 12.1 Å². The number of hydrogen-bond acceptors (Lipinski definition) is 8. The van der Waals surface area contributed by atoms with Crippen molar-refractivity contribution in [2.45, 2.75) is 57.5 Å². The zero-order valence-corrected chi connectivity index (χ0v) is 22.1. The van der Waals surface area contributed by atoms with Crippen molar-refractivity contribution < 1.29 is 37.7 Å². The second-order valence-corrected chi connectivity index (χ2v) is 14.7. The van der Waals surface area contributed by atoms with Crippen LogP contribution >= 0.6 is 0 Å². The van der Waals surface area contributed by atoms with Crippen molar-refractivity contribution in [1.29, 1.82) is 0 Å². The first-order chi connectivity index (χ1) is 16.5. The van der Waals surface area contributed by atoms with Crippen LogP contribution in [0, 0.1) is 0 Å². The molecule has 10 heteroatoms. The summed E-state index contributed by atoms with van der Waals surface area (Å²) in [4.78, 5) is 27.2. The lowest BCUT2D eigenvalue weighted by Gasteiger charge is -2.43. The Kier molecular flexibility index (Phi) is 8.17. The molecule has 0 aromatic heterocycles. The average Bonchev–Trinajstić information content (AvgIpc) is 3.24. The number of hydrogen-bond donors (Lipinski definition) is 0. The van der Waals surface area contributed by atoms with Gasteiger partial charge in [0, 0.05) is 12.5 Å². The average molecular weight is 506 g/mol. The first-order valence-corrected chi connectivity index (χ1v) is 14.5. The van der Waals surface area contributed by atoms with Gasteiger partial charge in [0.2, 0.25) is 6.79 Å². The van der Waals surface area contributed by atoms with Crippen molar-refractivity contribution >= 4 is 26.3 Å². The highest BCUT2D eigenvalue weighted by molar-refractivity contribution is 6.74. The summed E-state index contributed by atoms with van der Waals surface area (Å²) in [6, 6.07) is 2.88. The normalized spacial score (nSPS) is 18.9. The molecule has 0 radical (unpaired) electrons. The maximum absolute atomic E-state index is 13.3. The van der Waals surface area contributed by atoms with Gasteiger partial charge in [-0.25, -0.2) is 9.59 Å². The van der Waals surface area contributed by atoms with Crippen molar-refractivity contribution in [1.82, 2.24) is 0 Å². The van der Waals surface area contributed by atoms with Gasteiger partial charge < -0.3 is 28.1 Å². The summed E-state index contributed by atoms with van der Waals surface area (Å²) < 4.78 is 33.7. The zero-order chi connectivity index (χ0) is 25.8. The minimum Gasteiger partial charge on any atom is -0.454 e. The van der Waals surface area contributed by atoms with E-state index >= 15 is 0 Å². The molecule has 1 aromatic carbocycles. The van der Waals surface area contributed by atoms with Crippen molar-refractivity contribution in [3.63, 3.8) is 0 Å². The summed E-state index contributed by atoms with van der Waals surface area (Å²) >= 11 is 0. The Labute approximate surface area is 207 Å². The number of fused-ring (bicyclic) bond motifs is 2. The monoisotopic (exact) mass is 505 g/mol. The third kappa shape index (κ3) is 5.99. The van der Waals surface area contributed by atoms with E-state index in [2.05, 4.69) is 47.0 Å². The van der Waals surface area contributed by atoms with Gasteiger partial charge in [-0.2, -0.15) is 0 Å². The fraction of sp³-hybridized carbons (Fsp3) is 0.520. The van der Waals surface area contributed by atoms with Gasteiger partial charge in [0.05, 0.1) is 18.3 Å². The fourth-order valence-electron chi connectivity index (χ4n) is 3.59. The molecule has 2 heterocycles. The van der Waals surface area contributed by atoms with Gasteiger partial charge in [-0.15, -0.1) is 0 Å². The molecule has 1 aromatic rings. The minimum atomic E-state index is -2.20. The van der Waals surface area contributed by atoms with Crippen molar-refractivity contribution in [2.75, 3.05) is 31.5 Å². The maximum Gasteiger partial charge on any atom is 0.508 e. The molecule has 2 aliphatic heterocycles. The first-order valence-electron chi connectivity index (χ1n) is 11.6. The third-order valence-electron chi connectivity index (χ3n) is 6.52. The third-order valence-corrected chi connectivity index (χ3v) is 11.0. The molecule has 0 N–H and O–H groups in total. The molecule has 192 valence electrons. The molecule has 0 aliphatic carbocycles. The molecule has 0 saturated heterocycles. The van der Waals surface area contributed by atoms with E-state index in [-0.39, 0.29) is 31.7 Å². The van der Waals surface area contributed by atoms with Crippen molar-refractivity contribution in [3.05, 3.63) is 43.0 Å². The molecule has 2 aliphatic rings. The highest BCUT2D eigenvalue weighted by atomic mass is 28.4. The summed E-state index contributed by atoms with van der Waals surface area (Å²) in [6.45, 7) is 18.1. The lowest BCUT2D eigenvalue weighted by molar-refractivity contribution is 0.00983. The van der Waals surface area contributed by atoms with E-state index in [9.17, 15) is 9.59 Å². The lowest BCUT2D eigenvalue weighted by Crippen LogP contribution is -2.57. The molecule has 0 bridgehead atoms. The Balaban J connectivity index is 2.01. The number of ether oxygens (including phenoxy) is 5.